The molecule has 1 aromatic carbocycles. The van der Waals surface area contributed by atoms with E-state index in [-0.39, 0.29) is 18.1 Å². The first-order valence-corrected chi connectivity index (χ1v) is 7.73. The van der Waals surface area contributed by atoms with Crippen LogP contribution in [-0.4, -0.2) is 35.7 Å². The maximum absolute atomic E-state index is 12.3. The smallest absolute Gasteiger partial charge is 0.321 e. The lowest BCUT2D eigenvalue weighted by Gasteiger charge is -2.40. The van der Waals surface area contributed by atoms with Crippen LogP contribution in [-0.2, 0) is 0 Å². The van der Waals surface area contributed by atoms with E-state index in [4.69, 9.17) is 0 Å². The number of carbonyl (C=O) groups excluding carboxylic acids is 1. The maximum Gasteiger partial charge on any atom is 0.321 e. The third-order valence-corrected chi connectivity index (χ3v) is 4.67. The summed E-state index contributed by atoms with van der Waals surface area (Å²) < 4.78 is 0. The Hall–Kier alpha value is -1.55. The Kier molecular flexibility index (Phi) is 4.88. The molecule has 2 rings (SSSR count). The third kappa shape index (κ3) is 3.76. The van der Waals surface area contributed by atoms with Crippen LogP contribution in [0.1, 0.15) is 37.3 Å². The number of aryl methyl sites for hydroxylation is 2. The van der Waals surface area contributed by atoms with E-state index in [1.54, 1.807) is 0 Å². The summed E-state index contributed by atoms with van der Waals surface area (Å²) in [5.41, 5.74) is 3.16. The average molecular weight is 290 g/mol. The van der Waals surface area contributed by atoms with Crippen molar-refractivity contribution in [2.24, 2.45) is 5.41 Å². The summed E-state index contributed by atoms with van der Waals surface area (Å²) in [6.45, 7) is 7.81. The second-order valence-electron chi connectivity index (χ2n) is 6.31. The van der Waals surface area contributed by atoms with Gasteiger partial charge in [-0.25, -0.2) is 4.79 Å². The number of piperidine rings is 1. The molecule has 21 heavy (non-hydrogen) atoms. The Morgan fingerprint density at radius 3 is 2.29 bits per heavy atom. The van der Waals surface area contributed by atoms with E-state index >= 15 is 0 Å². The molecule has 0 unspecified atom stereocenters. The number of anilines is 1. The lowest BCUT2D eigenvalue weighted by molar-refractivity contribution is 0.0542. The summed E-state index contributed by atoms with van der Waals surface area (Å²) in [7, 11) is 0. The molecule has 0 spiro atoms. The number of urea groups is 1. The van der Waals surface area contributed by atoms with Gasteiger partial charge in [0.05, 0.1) is 0 Å². The number of nitrogens with one attached hydrogen (secondary N) is 1. The Labute approximate surface area is 127 Å². The molecule has 1 fully saturated rings. The Balaban J connectivity index is 1.96. The molecule has 4 nitrogen and oxygen atoms in total. The molecule has 2 N–H and O–H groups in total. The van der Waals surface area contributed by atoms with Gasteiger partial charge in [-0.15, -0.1) is 0 Å². The first kappa shape index (κ1) is 15.8. The van der Waals surface area contributed by atoms with Crippen molar-refractivity contribution in [2.45, 2.75) is 40.0 Å². The van der Waals surface area contributed by atoms with Gasteiger partial charge in [-0.3, -0.25) is 0 Å². The zero-order valence-electron chi connectivity index (χ0n) is 13.3. The van der Waals surface area contributed by atoms with Crippen molar-refractivity contribution in [3.05, 3.63) is 29.3 Å². The van der Waals surface area contributed by atoms with Crippen molar-refractivity contribution >= 4 is 11.7 Å². The van der Waals surface area contributed by atoms with E-state index in [1.165, 1.54) is 0 Å². The fraction of sp³-hybridized carbons (Fsp3) is 0.588. The summed E-state index contributed by atoms with van der Waals surface area (Å²) in [6, 6.07) is 6.02. The van der Waals surface area contributed by atoms with Crippen LogP contribution in [0.5, 0.6) is 0 Å². The molecule has 116 valence electrons. The van der Waals surface area contributed by atoms with Gasteiger partial charge in [0.25, 0.3) is 0 Å². The molecule has 0 saturated carbocycles. The number of amides is 2. The minimum atomic E-state index is -0.0392. The standard InChI is InChI=1S/C17H26N2O2/c1-4-17(12-20)5-7-19(8-6-17)16(21)18-15-10-13(2)9-14(3)11-15/h9-11,20H,4-8,12H2,1-3H3,(H,18,21). The van der Waals surface area contributed by atoms with Gasteiger partial charge in [0.15, 0.2) is 0 Å². The largest absolute Gasteiger partial charge is 0.396 e. The van der Waals surface area contributed by atoms with Crippen molar-refractivity contribution < 1.29 is 9.90 Å². The number of nitrogens with zero attached hydrogens (tertiary/aromatic N) is 1. The minimum absolute atomic E-state index is 0.0106. The maximum atomic E-state index is 12.3. The number of rotatable bonds is 3. The molecule has 2 amide bonds. The second-order valence-corrected chi connectivity index (χ2v) is 6.31. The van der Waals surface area contributed by atoms with E-state index in [2.05, 4.69) is 18.3 Å². The van der Waals surface area contributed by atoms with E-state index < -0.39 is 0 Å². The molecule has 0 radical (unpaired) electrons. The van der Waals surface area contributed by atoms with Crippen molar-refractivity contribution in [3.8, 4) is 0 Å². The number of hydrogen-bond donors (Lipinski definition) is 2. The van der Waals surface area contributed by atoms with Crippen LogP contribution in [0, 0.1) is 19.3 Å². The van der Waals surface area contributed by atoms with E-state index in [0.717, 1.165) is 36.1 Å². The SMILES string of the molecule is CCC1(CO)CCN(C(=O)Nc2cc(C)cc(C)c2)CC1. The first-order valence-electron chi connectivity index (χ1n) is 7.73. The van der Waals surface area contributed by atoms with Gasteiger partial charge < -0.3 is 15.3 Å². The van der Waals surface area contributed by atoms with Crippen LogP contribution >= 0.6 is 0 Å². The number of likely N-dealkylation sites (tertiary alicyclic amines) is 1. The number of benzene rings is 1. The molecular weight excluding hydrogens is 264 g/mol. The zero-order chi connectivity index (χ0) is 15.5. The second kappa shape index (κ2) is 6.48. The first-order chi connectivity index (χ1) is 9.98. The molecule has 1 aliphatic heterocycles. The van der Waals surface area contributed by atoms with Gasteiger partial charge in [-0.2, -0.15) is 0 Å². The lowest BCUT2D eigenvalue weighted by atomic mass is 9.77. The van der Waals surface area contributed by atoms with E-state index in [0.29, 0.717) is 13.1 Å². The van der Waals surface area contributed by atoms with Gasteiger partial charge >= 0.3 is 6.03 Å². The number of carbonyl (C=O) groups is 1. The summed E-state index contributed by atoms with van der Waals surface area (Å²) in [5.74, 6) is 0. The van der Waals surface area contributed by atoms with Crippen LogP contribution < -0.4 is 5.32 Å². The predicted octanol–water partition coefficient (Wildman–Crippen LogP) is 3.32. The van der Waals surface area contributed by atoms with Gasteiger partial charge in [0, 0.05) is 25.4 Å². The summed E-state index contributed by atoms with van der Waals surface area (Å²) in [4.78, 5) is 14.2. The van der Waals surface area contributed by atoms with Gasteiger partial charge in [0.1, 0.15) is 0 Å². The fourth-order valence-corrected chi connectivity index (χ4v) is 3.06. The highest BCUT2D eigenvalue weighted by Gasteiger charge is 2.33. The van der Waals surface area contributed by atoms with Crippen molar-refractivity contribution in [1.82, 2.24) is 4.90 Å². The highest BCUT2D eigenvalue weighted by molar-refractivity contribution is 5.89. The monoisotopic (exact) mass is 290 g/mol. The number of aliphatic hydroxyl groups is 1. The highest BCUT2D eigenvalue weighted by Crippen LogP contribution is 2.34. The van der Waals surface area contributed by atoms with Crippen LogP contribution in [0.15, 0.2) is 18.2 Å². The average Bonchev–Trinajstić information content (AvgIpc) is 2.46. The Morgan fingerprint density at radius 1 is 1.24 bits per heavy atom. The fourth-order valence-electron chi connectivity index (χ4n) is 3.06. The molecule has 1 heterocycles. The highest BCUT2D eigenvalue weighted by atomic mass is 16.3. The quantitative estimate of drug-likeness (QED) is 0.897. The molecule has 0 aliphatic carbocycles. The molecule has 4 heteroatoms. The number of hydrogen-bond acceptors (Lipinski definition) is 2. The molecule has 1 aliphatic rings. The lowest BCUT2D eigenvalue weighted by Crippen LogP contribution is -2.46. The molecule has 0 atom stereocenters. The molecule has 0 bridgehead atoms. The summed E-state index contributed by atoms with van der Waals surface area (Å²) >= 11 is 0. The topological polar surface area (TPSA) is 52.6 Å². The predicted molar refractivity (Wildman–Crippen MR) is 85.6 cm³/mol. The van der Waals surface area contributed by atoms with Crippen LogP contribution in [0.4, 0.5) is 10.5 Å². The summed E-state index contributed by atoms with van der Waals surface area (Å²) in [6.07, 6.45) is 2.72. The van der Waals surface area contributed by atoms with Crippen molar-refractivity contribution in [3.63, 3.8) is 0 Å². The van der Waals surface area contributed by atoms with Crippen LogP contribution in [0.25, 0.3) is 0 Å². The molecule has 1 saturated heterocycles. The molecular formula is C17H26N2O2. The molecule has 1 aromatic rings. The van der Waals surface area contributed by atoms with Crippen LogP contribution in [0.2, 0.25) is 0 Å². The van der Waals surface area contributed by atoms with E-state index in [9.17, 15) is 9.90 Å². The van der Waals surface area contributed by atoms with Crippen molar-refractivity contribution in [2.75, 3.05) is 25.0 Å². The summed E-state index contributed by atoms with van der Waals surface area (Å²) in [5, 5.41) is 12.5. The normalized spacial score (nSPS) is 17.6. The van der Waals surface area contributed by atoms with E-state index in [1.807, 2.05) is 30.9 Å². The van der Waals surface area contributed by atoms with Gasteiger partial charge in [0.2, 0.25) is 0 Å². The van der Waals surface area contributed by atoms with Gasteiger partial charge in [-0.05, 0) is 61.8 Å². The van der Waals surface area contributed by atoms with Crippen molar-refractivity contribution in [1.29, 1.82) is 0 Å². The van der Waals surface area contributed by atoms with Gasteiger partial charge in [-0.1, -0.05) is 13.0 Å². The number of aliphatic hydroxyl groups excluding tert-OH is 1. The Bertz CT molecular complexity index is 479. The molecule has 0 aromatic heterocycles. The minimum Gasteiger partial charge on any atom is -0.396 e. The Morgan fingerprint density at radius 2 is 1.81 bits per heavy atom. The zero-order valence-corrected chi connectivity index (χ0v) is 13.3. The van der Waals surface area contributed by atoms with Crippen LogP contribution in [0.3, 0.4) is 0 Å². The third-order valence-electron chi connectivity index (χ3n) is 4.67.